The summed E-state index contributed by atoms with van der Waals surface area (Å²) in [6.45, 7) is 10.1. The molecule has 1 heterocycles. The topological polar surface area (TPSA) is 71.9 Å². The van der Waals surface area contributed by atoms with Crippen LogP contribution in [0.2, 0.25) is 0 Å². The molecule has 0 aliphatic heterocycles. The lowest BCUT2D eigenvalue weighted by molar-refractivity contribution is 0.0137. The normalized spacial score (nSPS) is 14.2. The van der Waals surface area contributed by atoms with Gasteiger partial charge >= 0.3 is 6.09 Å². The molecule has 7 heteroatoms. The van der Waals surface area contributed by atoms with Crippen molar-refractivity contribution in [1.82, 2.24) is 9.27 Å². The van der Waals surface area contributed by atoms with Gasteiger partial charge in [0.25, 0.3) is 0 Å². The Morgan fingerprint density at radius 1 is 1.43 bits per heavy atom. The Balaban J connectivity index is 2.94. The predicted octanol–water partition coefficient (Wildman–Crippen LogP) is 3.47. The molecule has 1 amide bonds. The number of ether oxygens (including phenoxy) is 2. The summed E-state index contributed by atoms with van der Waals surface area (Å²) in [4.78, 5) is 15.2. The second kappa shape index (κ2) is 8.49. The molecule has 0 spiro atoms. The fourth-order valence-corrected chi connectivity index (χ4v) is 2.83. The summed E-state index contributed by atoms with van der Waals surface area (Å²) in [5.41, 5.74) is -0.555. The third kappa shape index (κ3) is 6.35. The van der Waals surface area contributed by atoms with E-state index in [9.17, 15) is 4.79 Å². The Hall–Kier alpha value is -1.34. The maximum atomic E-state index is 12.6. The molecule has 1 aromatic rings. The van der Waals surface area contributed by atoms with E-state index >= 15 is 0 Å². The molecule has 1 rings (SSSR count). The molecule has 2 atom stereocenters. The number of aliphatic hydroxyl groups is 1. The molecule has 1 N–H and O–H groups in total. The molecule has 0 aliphatic rings. The molecule has 0 radical (unpaired) electrons. The van der Waals surface area contributed by atoms with Gasteiger partial charge in [-0.05, 0) is 51.6 Å². The zero-order valence-corrected chi connectivity index (χ0v) is 15.6. The first-order valence-corrected chi connectivity index (χ1v) is 8.56. The number of aliphatic hydroxyl groups excluding tert-OH is 1. The maximum absolute atomic E-state index is 12.6. The number of aromatic nitrogens is 1. The van der Waals surface area contributed by atoms with Gasteiger partial charge in [-0.1, -0.05) is 6.92 Å². The van der Waals surface area contributed by atoms with E-state index in [1.165, 1.54) is 11.5 Å². The van der Waals surface area contributed by atoms with Crippen molar-refractivity contribution in [1.29, 1.82) is 0 Å². The van der Waals surface area contributed by atoms with Gasteiger partial charge in [0.2, 0.25) is 5.88 Å². The highest BCUT2D eigenvalue weighted by molar-refractivity contribution is 7.06. The van der Waals surface area contributed by atoms with Crippen molar-refractivity contribution in [3.05, 3.63) is 10.9 Å². The average molecular weight is 344 g/mol. The van der Waals surface area contributed by atoms with Gasteiger partial charge < -0.3 is 19.5 Å². The molecule has 0 saturated carbocycles. The maximum Gasteiger partial charge on any atom is 0.410 e. The van der Waals surface area contributed by atoms with Crippen LogP contribution < -0.4 is 4.74 Å². The van der Waals surface area contributed by atoms with Crippen molar-refractivity contribution in [2.75, 3.05) is 20.3 Å². The van der Waals surface area contributed by atoms with Crippen molar-refractivity contribution < 1.29 is 19.4 Å². The van der Waals surface area contributed by atoms with Crippen LogP contribution in [0, 0.1) is 5.92 Å². The van der Waals surface area contributed by atoms with Crippen molar-refractivity contribution in [2.24, 2.45) is 5.92 Å². The van der Waals surface area contributed by atoms with E-state index in [2.05, 4.69) is 4.37 Å². The van der Waals surface area contributed by atoms with Crippen LogP contribution in [0.1, 0.15) is 52.0 Å². The van der Waals surface area contributed by atoms with Crippen molar-refractivity contribution in [2.45, 2.75) is 52.7 Å². The highest BCUT2D eigenvalue weighted by atomic mass is 32.1. The van der Waals surface area contributed by atoms with Gasteiger partial charge in [-0.2, -0.15) is 4.37 Å². The minimum absolute atomic E-state index is 0.103. The Morgan fingerprint density at radius 2 is 2.09 bits per heavy atom. The largest absolute Gasteiger partial charge is 0.480 e. The second-order valence-electron chi connectivity index (χ2n) is 6.70. The van der Waals surface area contributed by atoms with E-state index in [1.807, 2.05) is 40.7 Å². The zero-order valence-electron chi connectivity index (χ0n) is 14.8. The highest BCUT2D eigenvalue weighted by Crippen LogP contribution is 2.29. The fraction of sp³-hybridized carbons (Fsp3) is 0.750. The predicted molar refractivity (Wildman–Crippen MR) is 90.9 cm³/mol. The molecule has 0 aliphatic carbocycles. The monoisotopic (exact) mass is 344 g/mol. The first-order chi connectivity index (χ1) is 10.7. The van der Waals surface area contributed by atoms with E-state index < -0.39 is 5.60 Å². The number of carbonyl (C=O) groups is 1. The molecule has 1 aromatic heterocycles. The number of hydrogen-bond donors (Lipinski definition) is 1. The summed E-state index contributed by atoms with van der Waals surface area (Å²) in [7, 11) is 1.57. The van der Waals surface area contributed by atoms with Crippen LogP contribution >= 0.6 is 11.5 Å². The fourth-order valence-electron chi connectivity index (χ4n) is 2.08. The van der Waals surface area contributed by atoms with Gasteiger partial charge in [-0.25, -0.2) is 4.79 Å². The molecule has 2 unspecified atom stereocenters. The third-order valence-electron chi connectivity index (χ3n) is 3.35. The van der Waals surface area contributed by atoms with Gasteiger partial charge in [0, 0.05) is 19.2 Å². The highest BCUT2D eigenvalue weighted by Gasteiger charge is 2.29. The standard InChI is InChI=1S/C16H28N2O4S/c1-11(7-8-19)10-18(15(20)22-16(3,4)5)12(2)13-9-14(21-6)17-23-13/h9,11-12,19H,7-8,10H2,1-6H3. The number of methoxy groups -OCH3 is 1. The van der Waals surface area contributed by atoms with E-state index in [0.717, 1.165) is 4.88 Å². The Bertz CT molecular complexity index is 499. The number of nitrogens with zero attached hydrogens (tertiary/aromatic N) is 2. The summed E-state index contributed by atoms with van der Waals surface area (Å²) in [5, 5.41) is 9.11. The molecule has 132 valence electrons. The number of rotatable bonds is 7. The molecule has 0 fully saturated rings. The van der Waals surface area contributed by atoms with Crippen molar-refractivity contribution in [3.63, 3.8) is 0 Å². The smallest absolute Gasteiger partial charge is 0.410 e. The molecular formula is C16H28N2O4S. The molecule has 0 saturated heterocycles. The first-order valence-electron chi connectivity index (χ1n) is 7.79. The van der Waals surface area contributed by atoms with Gasteiger partial charge in [-0.15, -0.1) is 0 Å². The van der Waals surface area contributed by atoms with Crippen LogP contribution in [-0.2, 0) is 4.74 Å². The minimum Gasteiger partial charge on any atom is -0.480 e. The number of hydrogen-bond acceptors (Lipinski definition) is 6. The summed E-state index contributed by atoms with van der Waals surface area (Å²) in [6, 6.07) is 1.66. The van der Waals surface area contributed by atoms with E-state index in [4.69, 9.17) is 14.6 Å². The second-order valence-corrected chi connectivity index (χ2v) is 7.53. The van der Waals surface area contributed by atoms with Crippen LogP contribution in [0.25, 0.3) is 0 Å². The van der Waals surface area contributed by atoms with Crippen LogP contribution in [0.15, 0.2) is 6.07 Å². The van der Waals surface area contributed by atoms with Gasteiger partial charge in [-0.3, -0.25) is 0 Å². The lowest BCUT2D eigenvalue weighted by Gasteiger charge is -2.32. The summed E-state index contributed by atoms with van der Waals surface area (Å²) >= 11 is 1.31. The van der Waals surface area contributed by atoms with E-state index in [-0.39, 0.29) is 24.7 Å². The molecule has 0 aromatic carbocycles. The summed E-state index contributed by atoms with van der Waals surface area (Å²) in [6.07, 6.45) is 0.278. The lowest BCUT2D eigenvalue weighted by Crippen LogP contribution is -2.40. The molecule has 6 nitrogen and oxygen atoms in total. The van der Waals surface area contributed by atoms with Gasteiger partial charge in [0.15, 0.2) is 0 Å². The molecule has 23 heavy (non-hydrogen) atoms. The number of carbonyl (C=O) groups excluding carboxylic acids is 1. The first kappa shape index (κ1) is 19.7. The average Bonchev–Trinajstić information content (AvgIpc) is 2.91. The zero-order chi connectivity index (χ0) is 17.6. The van der Waals surface area contributed by atoms with Crippen LogP contribution in [-0.4, -0.2) is 46.3 Å². The minimum atomic E-state index is -0.555. The lowest BCUT2D eigenvalue weighted by atomic mass is 10.1. The van der Waals surface area contributed by atoms with Gasteiger partial charge in [0.1, 0.15) is 5.60 Å². The van der Waals surface area contributed by atoms with Crippen LogP contribution in [0.3, 0.4) is 0 Å². The number of amides is 1. The Kier molecular flexibility index (Phi) is 7.28. The molecule has 0 bridgehead atoms. The van der Waals surface area contributed by atoms with Crippen molar-refractivity contribution in [3.8, 4) is 5.88 Å². The van der Waals surface area contributed by atoms with Crippen molar-refractivity contribution >= 4 is 17.6 Å². The Morgan fingerprint density at radius 3 is 2.57 bits per heavy atom. The van der Waals surface area contributed by atoms with Gasteiger partial charge in [0.05, 0.1) is 18.0 Å². The quantitative estimate of drug-likeness (QED) is 0.820. The molecular weight excluding hydrogens is 316 g/mol. The third-order valence-corrected chi connectivity index (χ3v) is 4.29. The SMILES string of the molecule is COc1cc(C(C)N(CC(C)CCO)C(=O)OC(C)(C)C)sn1. The van der Waals surface area contributed by atoms with Crippen LogP contribution in [0.5, 0.6) is 5.88 Å². The van der Waals surface area contributed by atoms with E-state index in [0.29, 0.717) is 18.8 Å². The summed E-state index contributed by atoms with van der Waals surface area (Å²) < 4.78 is 14.8. The summed E-state index contributed by atoms with van der Waals surface area (Å²) in [5.74, 6) is 0.717. The van der Waals surface area contributed by atoms with Crippen LogP contribution in [0.4, 0.5) is 4.79 Å². The Labute approximate surface area is 142 Å². The van der Waals surface area contributed by atoms with E-state index in [1.54, 1.807) is 12.0 Å².